The van der Waals surface area contributed by atoms with Gasteiger partial charge in [0.25, 0.3) is 0 Å². The van der Waals surface area contributed by atoms with E-state index in [0.29, 0.717) is 0 Å². The molecule has 0 atom stereocenters. The summed E-state index contributed by atoms with van der Waals surface area (Å²) in [5.41, 5.74) is 0. The van der Waals surface area contributed by atoms with Crippen LogP contribution in [0, 0.1) is 7.69 Å². The Bertz CT molecular complexity index is 694. The summed E-state index contributed by atoms with van der Waals surface area (Å²) in [5, 5.41) is 0. The highest BCUT2D eigenvalue weighted by Crippen LogP contribution is 2.56. The molecule has 22 heavy (non-hydrogen) atoms. The van der Waals surface area contributed by atoms with Crippen LogP contribution in [0.25, 0.3) is 0 Å². The molecule has 2 heterocycles. The van der Waals surface area contributed by atoms with Gasteiger partial charge in [0.1, 0.15) is 7.69 Å². The van der Waals surface area contributed by atoms with Crippen molar-refractivity contribution in [1.29, 1.82) is 0 Å². The molecule has 0 N–H and O–H groups in total. The zero-order chi connectivity index (χ0) is 14.3. The average Bonchev–Trinajstić information content (AvgIpc) is 2.60. The van der Waals surface area contributed by atoms with Crippen LogP contribution in [0.15, 0.2) is 0 Å². The van der Waals surface area contributed by atoms with E-state index in [2.05, 4.69) is 45.3 Å². The van der Waals surface area contributed by atoms with Crippen molar-refractivity contribution < 1.29 is 0 Å². The van der Waals surface area contributed by atoms with Crippen molar-refractivity contribution in [3.63, 3.8) is 0 Å². The molecule has 2 aliphatic heterocycles. The third kappa shape index (κ3) is 1.78. The van der Waals surface area contributed by atoms with Gasteiger partial charge < -0.3 is 0 Å². The van der Waals surface area contributed by atoms with Gasteiger partial charge in [-0.15, -0.1) is 45.3 Å². The van der Waals surface area contributed by atoms with Crippen molar-refractivity contribution in [3.05, 3.63) is 27.2 Å². The molecule has 0 aromatic heterocycles. The van der Waals surface area contributed by atoms with Gasteiger partial charge in [0.2, 0.25) is 0 Å². The summed E-state index contributed by atoms with van der Waals surface area (Å²) in [4.78, 5) is 7.18. The maximum absolute atomic E-state index is 2.19. The van der Waals surface area contributed by atoms with Crippen LogP contribution in [-0.2, 0) is 0 Å². The van der Waals surface area contributed by atoms with Crippen LogP contribution in [0.3, 0.4) is 0 Å². The quantitative estimate of drug-likeness (QED) is 0.460. The minimum absolute atomic E-state index is 0.912. The third-order valence-corrected chi connectivity index (χ3v) is 12.8. The lowest BCUT2D eigenvalue weighted by Crippen LogP contribution is -2.20. The molecule has 116 valence electrons. The van der Waals surface area contributed by atoms with Crippen LogP contribution >= 0.6 is 45.3 Å². The van der Waals surface area contributed by atoms with E-state index in [1.54, 1.807) is 27.2 Å². The van der Waals surface area contributed by atoms with Crippen molar-refractivity contribution in [3.8, 4) is 0 Å². The first kappa shape index (κ1) is 13.4. The van der Waals surface area contributed by atoms with E-state index in [1.807, 2.05) is 0 Å². The van der Waals surface area contributed by atoms with Gasteiger partial charge >= 0.3 is 0 Å². The molecule has 0 amide bonds. The Balaban J connectivity index is 1.64. The van der Waals surface area contributed by atoms with Crippen LogP contribution in [0.2, 0.25) is 0 Å². The normalized spacial score (nSPS) is 34.7. The van der Waals surface area contributed by atoms with E-state index in [0.717, 1.165) is 23.7 Å². The highest BCUT2D eigenvalue weighted by atomic mass is 32.2. The molecule has 8 aliphatic rings. The summed E-state index contributed by atoms with van der Waals surface area (Å²) >= 11 is 8.77. The summed E-state index contributed by atoms with van der Waals surface area (Å²) in [7, 11) is 0. The molecule has 0 aromatic carbocycles. The van der Waals surface area contributed by atoms with Gasteiger partial charge in [0, 0.05) is 19.5 Å². The Labute approximate surface area is 147 Å². The molecule has 2 fully saturated rings. The van der Waals surface area contributed by atoms with Crippen LogP contribution < -0.4 is 0 Å². The molecule has 0 nitrogen and oxygen atoms in total. The fourth-order valence-corrected chi connectivity index (χ4v) is 11.9. The summed E-state index contributed by atoms with van der Waals surface area (Å²) in [6.45, 7) is 0. The summed E-state index contributed by atoms with van der Waals surface area (Å²) in [6, 6.07) is 0. The van der Waals surface area contributed by atoms with Gasteiger partial charge in [-0.25, -0.2) is 0 Å². The van der Waals surface area contributed by atoms with E-state index in [1.165, 1.54) is 51.4 Å². The molecule has 0 spiro atoms. The monoisotopic (exact) mass is 364 g/mol. The summed E-state index contributed by atoms with van der Waals surface area (Å²) in [5.74, 6) is 3.65. The SMILES string of the molecule is C1CC2CCC1c1sc3sc4c(sc=3sc12)C1CCC4CC1. The molecule has 0 aromatic rings. The van der Waals surface area contributed by atoms with Crippen molar-refractivity contribution in [2.75, 3.05) is 0 Å². The van der Waals surface area contributed by atoms with E-state index < -0.39 is 0 Å². The molecule has 0 saturated heterocycles. The lowest BCUT2D eigenvalue weighted by atomic mass is 9.74. The van der Waals surface area contributed by atoms with Crippen molar-refractivity contribution in [2.24, 2.45) is 0 Å². The first-order valence-electron chi connectivity index (χ1n) is 8.80. The second-order valence-electron chi connectivity index (χ2n) is 7.54. The van der Waals surface area contributed by atoms with Crippen molar-refractivity contribution in [2.45, 2.75) is 75.0 Å². The number of rotatable bonds is 0. The highest BCUT2D eigenvalue weighted by molar-refractivity contribution is 7.33. The Morgan fingerprint density at radius 2 is 0.636 bits per heavy atom. The predicted molar refractivity (Wildman–Crippen MR) is 98.8 cm³/mol. The number of hydrogen-bond acceptors (Lipinski definition) is 4. The third-order valence-electron chi connectivity index (χ3n) is 6.40. The number of hydrogen-bond donors (Lipinski definition) is 0. The van der Waals surface area contributed by atoms with Gasteiger partial charge in [0.05, 0.1) is 0 Å². The van der Waals surface area contributed by atoms with Gasteiger partial charge in [-0.05, 0) is 75.0 Å². The largest absolute Gasteiger partial charge is 0.126 e. The summed E-state index contributed by atoms with van der Waals surface area (Å²) in [6.07, 6.45) is 11.7. The minimum Gasteiger partial charge on any atom is -0.126 e. The molecule has 8 rings (SSSR count). The molecule has 4 bridgehead atoms. The first-order valence-corrected chi connectivity index (χ1v) is 12.1. The van der Waals surface area contributed by atoms with Crippen LogP contribution in [0.5, 0.6) is 0 Å². The second-order valence-corrected chi connectivity index (χ2v) is 12.3. The molecule has 2 saturated carbocycles. The summed E-state index contributed by atoms with van der Waals surface area (Å²) < 4.78 is 3.32. The molecule has 0 unspecified atom stereocenters. The Morgan fingerprint density at radius 1 is 0.409 bits per heavy atom. The molecule has 0 radical (unpaired) electrons. The lowest BCUT2D eigenvalue weighted by molar-refractivity contribution is 0.369. The van der Waals surface area contributed by atoms with Crippen LogP contribution in [0.4, 0.5) is 0 Å². The Kier molecular flexibility index (Phi) is 2.93. The highest BCUT2D eigenvalue weighted by Gasteiger charge is 2.36. The topological polar surface area (TPSA) is 0 Å². The van der Waals surface area contributed by atoms with E-state index in [4.69, 9.17) is 0 Å². The Hall–Kier alpha value is 0.100. The maximum Gasteiger partial charge on any atom is 0.107 e. The smallest absolute Gasteiger partial charge is 0.107 e. The molecule has 4 heteroatoms. The van der Waals surface area contributed by atoms with E-state index in [-0.39, 0.29) is 0 Å². The van der Waals surface area contributed by atoms with E-state index in [9.17, 15) is 0 Å². The van der Waals surface area contributed by atoms with E-state index >= 15 is 0 Å². The lowest BCUT2D eigenvalue weighted by Gasteiger charge is -2.38. The zero-order valence-electron chi connectivity index (χ0n) is 12.6. The van der Waals surface area contributed by atoms with Gasteiger partial charge in [-0.3, -0.25) is 0 Å². The minimum atomic E-state index is 0.912. The van der Waals surface area contributed by atoms with Gasteiger partial charge in [0.15, 0.2) is 0 Å². The van der Waals surface area contributed by atoms with Gasteiger partial charge in [-0.2, -0.15) is 0 Å². The average molecular weight is 365 g/mol. The maximum atomic E-state index is 2.19. The van der Waals surface area contributed by atoms with Crippen LogP contribution in [0.1, 0.15) is 94.5 Å². The van der Waals surface area contributed by atoms with Crippen molar-refractivity contribution in [1.82, 2.24) is 0 Å². The molecule has 6 aliphatic carbocycles. The number of fused-ring (bicyclic) bond motifs is 4. The van der Waals surface area contributed by atoms with Crippen LogP contribution in [-0.4, -0.2) is 0 Å². The fourth-order valence-electron chi connectivity index (χ4n) is 5.18. The fraction of sp³-hybridized carbons (Fsp3) is 0.667. The predicted octanol–water partition coefficient (Wildman–Crippen LogP) is 7.29. The standard InChI is InChI=1S/C18H20S4/c1-2-10-4-3-9(1)13-14(10)20-18-17(19-13)21-15-11-5-7-12(8-6-11)16(15)22-18/h9-12H,1-8H2. The van der Waals surface area contributed by atoms with Gasteiger partial charge in [-0.1, -0.05) is 0 Å². The zero-order valence-corrected chi connectivity index (χ0v) is 15.9. The van der Waals surface area contributed by atoms with Crippen molar-refractivity contribution >= 4 is 45.3 Å². The molecular formula is C18H20S4. The first-order chi connectivity index (χ1) is 10.9. The second kappa shape index (κ2) is 4.81. The Morgan fingerprint density at radius 3 is 0.864 bits per heavy atom. The molecular weight excluding hydrogens is 344 g/mol.